The van der Waals surface area contributed by atoms with Gasteiger partial charge in [-0.2, -0.15) is 0 Å². The Hall–Kier alpha value is -6.42. The van der Waals surface area contributed by atoms with Crippen LogP contribution in [0, 0.1) is 13.8 Å². The molecular weight excluding hydrogens is 657 g/mol. The first-order valence-corrected chi connectivity index (χ1v) is 20.4. The molecular formula is C50H40N2Si. The molecule has 0 aliphatic rings. The zero-order chi connectivity index (χ0) is 35.8. The quantitative estimate of drug-likeness (QED) is 0.113. The van der Waals surface area contributed by atoms with Crippen molar-refractivity contribution in [3.8, 4) is 5.69 Å². The molecule has 2 nitrogen and oxygen atoms in total. The molecule has 0 amide bonds. The van der Waals surface area contributed by atoms with E-state index in [1.165, 1.54) is 53.7 Å². The lowest BCUT2D eigenvalue weighted by Gasteiger charge is -2.34. The van der Waals surface area contributed by atoms with Crippen LogP contribution in [0.5, 0.6) is 0 Å². The predicted octanol–water partition coefficient (Wildman–Crippen LogP) is 10.2. The molecule has 9 aromatic rings. The lowest BCUT2D eigenvalue weighted by Crippen LogP contribution is -2.74. The van der Waals surface area contributed by atoms with Crippen LogP contribution in [-0.2, 0) is 0 Å². The summed E-state index contributed by atoms with van der Waals surface area (Å²) in [6.07, 6.45) is 0. The average Bonchev–Trinajstić information content (AvgIpc) is 3.54. The average molecular weight is 697 g/mol. The largest absolute Gasteiger partial charge is 0.310 e. The second kappa shape index (κ2) is 13.6. The molecule has 0 radical (unpaired) electrons. The van der Waals surface area contributed by atoms with Crippen LogP contribution >= 0.6 is 0 Å². The minimum absolute atomic E-state index is 1.13. The second-order valence-corrected chi connectivity index (χ2v) is 17.8. The Bertz CT molecular complexity index is 2510. The third-order valence-electron chi connectivity index (χ3n) is 10.7. The molecule has 1 aromatic heterocycles. The van der Waals surface area contributed by atoms with Crippen molar-refractivity contribution in [1.82, 2.24) is 4.57 Å². The van der Waals surface area contributed by atoms with Gasteiger partial charge in [0.1, 0.15) is 0 Å². The van der Waals surface area contributed by atoms with E-state index < -0.39 is 8.07 Å². The SMILES string of the molecule is Cc1ccc(N(c2ccc(C)cc2)c2ccc3c(c2)c2cc([Si](c4ccccc4)(c4ccccc4)c4ccccc4)ccc2n3-c2ccccc2)cc1. The molecule has 0 spiro atoms. The molecule has 3 heteroatoms. The number of rotatable bonds is 8. The summed E-state index contributed by atoms with van der Waals surface area (Å²) in [6.45, 7) is 4.29. The van der Waals surface area contributed by atoms with E-state index in [9.17, 15) is 0 Å². The third kappa shape index (κ3) is 5.67. The Kier molecular flexibility index (Phi) is 8.34. The maximum Gasteiger partial charge on any atom is 0.179 e. The van der Waals surface area contributed by atoms with E-state index in [-0.39, 0.29) is 0 Å². The molecule has 254 valence electrons. The molecule has 0 saturated carbocycles. The lowest BCUT2D eigenvalue weighted by atomic mass is 10.1. The van der Waals surface area contributed by atoms with Gasteiger partial charge in [0, 0.05) is 33.5 Å². The van der Waals surface area contributed by atoms with Gasteiger partial charge in [-0.25, -0.2) is 0 Å². The van der Waals surface area contributed by atoms with E-state index >= 15 is 0 Å². The van der Waals surface area contributed by atoms with Crippen LogP contribution in [0.2, 0.25) is 0 Å². The summed E-state index contributed by atoms with van der Waals surface area (Å²) in [6, 6.07) is 76.3. The highest BCUT2D eigenvalue weighted by Gasteiger charge is 2.41. The first-order chi connectivity index (χ1) is 26.1. The highest BCUT2D eigenvalue weighted by molar-refractivity contribution is 7.20. The summed E-state index contributed by atoms with van der Waals surface area (Å²) in [7, 11) is -2.75. The normalized spacial score (nSPS) is 11.6. The first kappa shape index (κ1) is 32.5. The van der Waals surface area contributed by atoms with Gasteiger partial charge in [-0.05, 0) is 95.3 Å². The van der Waals surface area contributed by atoms with Crippen molar-refractivity contribution in [2.45, 2.75) is 13.8 Å². The van der Waals surface area contributed by atoms with Crippen molar-refractivity contribution >= 4 is 67.7 Å². The fourth-order valence-electron chi connectivity index (χ4n) is 8.14. The van der Waals surface area contributed by atoms with Crippen molar-refractivity contribution in [1.29, 1.82) is 0 Å². The minimum atomic E-state index is -2.75. The summed E-state index contributed by atoms with van der Waals surface area (Å²) in [5, 5.41) is 7.94. The van der Waals surface area contributed by atoms with Gasteiger partial charge in [0.15, 0.2) is 8.07 Å². The van der Waals surface area contributed by atoms with E-state index in [4.69, 9.17) is 0 Å². The summed E-state index contributed by atoms with van der Waals surface area (Å²) in [5.41, 5.74) is 9.42. The Morgan fingerprint density at radius 1 is 0.358 bits per heavy atom. The van der Waals surface area contributed by atoms with Gasteiger partial charge in [0.05, 0.1) is 11.0 Å². The number of fused-ring (bicyclic) bond motifs is 3. The number of anilines is 3. The second-order valence-electron chi connectivity index (χ2n) is 14.0. The van der Waals surface area contributed by atoms with E-state index in [2.05, 4.69) is 230 Å². The van der Waals surface area contributed by atoms with Crippen molar-refractivity contribution in [3.05, 3.63) is 217 Å². The van der Waals surface area contributed by atoms with Crippen LogP contribution in [0.25, 0.3) is 27.5 Å². The molecule has 0 saturated heterocycles. The smallest absolute Gasteiger partial charge is 0.179 e. The maximum atomic E-state index is 2.52. The zero-order valence-electron chi connectivity index (χ0n) is 30.0. The van der Waals surface area contributed by atoms with Gasteiger partial charge < -0.3 is 9.47 Å². The van der Waals surface area contributed by atoms with Crippen LogP contribution in [0.15, 0.2) is 206 Å². The van der Waals surface area contributed by atoms with Crippen molar-refractivity contribution < 1.29 is 0 Å². The van der Waals surface area contributed by atoms with Crippen molar-refractivity contribution in [2.75, 3.05) is 4.90 Å². The lowest BCUT2D eigenvalue weighted by molar-refractivity contribution is 1.18. The van der Waals surface area contributed by atoms with E-state index in [1.54, 1.807) is 0 Å². The molecule has 0 atom stereocenters. The van der Waals surface area contributed by atoms with E-state index in [0.717, 1.165) is 22.7 Å². The Morgan fingerprint density at radius 3 is 1.23 bits per heavy atom. The van der Waals surface area contributed by atoms with Crippen LogP contribution in [0.1, 0.15) is 11.1 Å². The zero-order valence-corrected chi connectivity index (χ0v) is 31.0. The van der Waals surface area contributed by atoms with Gasteiger partial charge in [0.2, 0.25) is 0 Å². The molecule has 0 aliphatic heterocycles. The summed E-state index contributed by atoms with van der Waals surface area (Å²) >= 11 is 0. The standard InChI is InChI=1S/C50H40N2Si/c1-37-23-27-40(28-24-37)51(41-29-25-38(2)26-30-41)42-31-33-49-47(35-42)48-36-46(32-34-50(48)52(49)39-15-7-3-8-16-39)53(43-17-9-4-10-18-43,44-19-11-5-12-20-44)45-21-13-6-14-22-45/h3-36H,1-2H3. The molecule has 9 rings (SSSR count). The number of hydrogen-bond donors (Lipinski definition) is 0. The fraction of sp³-hybridized carbons (Fsp3) is 0.0400. The van der Waals surface area contributed by atoms with Crippen molar-refractivity contribution in [3.63, 3.8) is 0 Å². The molecule has 0 fully saturated rings. The third-order valence-corrected chi connectivity index (χ3v) is 15.4. The summed E-state index contributed by atoms with van der Waals surface area (Å²) in [5.74, 6) is 0. The molecule has 0 aliphatic carbocycles. The number of aryl methyl sites for hydroxylation is 2. The molecule has 0 N–H and O–H groups in total. The Balaban J connectivity index is 1.36. The van der Waals surface area contributed by atoms with E-state index in [0.29, 0.717) is 0 Å². The number of hydrogen-bond acceptors (Lipinski definition) is 1. The minimum Gasteiger partial charge on any atom is -0.310 e. The highest BCUT2D eigenvalue weighted by Crippen LogP contribution is 2.39. The fourth-order valence-corrected chi connectivity index (χ4v) is 12.9. The van der Waals surface area contributed by atoms with Crippen LogP contribution in [0.4, 0.5) is 17.1 Å². The number of para-hydroxylation sites is 1. The molecule has 53 heavy (non-hydrogen) atoms. The number of aromatic nitrogens is 1. The van der Waals surface area contributed by atoms with E-state index in [1.807, 2.05) is 0 Å². The van der Waals surface area contributed by atoms with Gasteiger partial charge in [-0.15, -0.1) is 0 Å². The van der Waals surface area contributed by atoms with Gasteiger partial charge in [-0.1, -0.05) is 157 Å². The van der Waals surface area contributed by atoms with Crippen LogP contribution < -0.4 is 25.6 Å². The highest BCUT2D eigenvalue weighted by atomic mass is 28.3. The Labute approximate surface area is 312 Å². The summed E-state index contributed by atoms with van der Waals surface area (Å²) < 4.78 is 2.43. The van der Waals surface area contributed by atoms with Crippen LogP contribution in [0.3, 0.4) is 0 Å². The van der Waals surface area contributed by atoms with Gasteiger partial charge in [0.25, 0.3) is 0 Å². The first-order valence-electron chi connectivity index (χ1n) is 18.4. The predicted molar refractivity (Wildman–Crippen MR) is 229 cm³/mol. The Morgan fingerprint density at radius 2 is 0.755 bits per heavy atom. The number of nitrogens with zero attached hydrogens (tertiary/aromatic N) is 2. The van der Waals surface area contributed by atoms with Gasteiger partial charge in [-0.3, -0.25) is 0 Å². The maximum absolute atomic E-state index is 2.75. The molecule has 0 unspecified atom stereocenters. The topological polar surface area (TPSA) is 8.17 Å². The molecule has 1 heterocycles. The van der Waals surface area contributed by atoms with Crippen LogP contribution in [-0.4, -0.2) is 12.6 Å². The monoisotopic (exact) mass is 696 g/mol. The summed E-state index contributed by atoms with van der Waals surface area (Å²) in [4.78, 5) is 2.38. The van der Waals surface area contributed by atoms with Gasteiger partial charge >= 0.3 is 0 Å². The molecule has 0 bridgehead atoms. The molecule has 8 aromatic carbocycles. The van der Waals surface area contributed by atoms with Crippen molar-refractivity contribution in [2.24, 2.45) is 0 Å². The number of benzene rings is 8.